The summed E-state index contributed by atoms with van der Waals surface area (Å²) < 4.78 is 5.47. The van der Waals surface area contributed by atoms with Gasteiger partial charge in [-0.15, -0.1) is 0 Å². The molecule has 0 bridgehead atoms. The quantitative estimate of drug-likeness (QED) is 0.527. The van der Waals surface area contributed by atoms with Crippen LogP contribution in [0.4, 0.5) is 11.8 Å². The minimum Gasteiger partial charge on any atom is -0.394 e. The highest BCUT2D eigenvalue weighted by molar-refractivity contribution is 6.32. The lowest BCUT2D eigenvalue weighted by Crippen LogP contribution is -2.50. The normalized spacial score (nSPS) is 24.1. The number of anilines is 2. The van der Waals surface area contributed by atoms with Gasteiger partial charge in [-0.2, -0.15) is 4.98 Å². The predicted molar refractivity (Wildman–Crippen MR) is 68.5 cm³/mol. The van der Waals surface area contributed by atoms with Gasteiger partial charge in [-0.1, -0.05) is 11.6 Å². The average Bonchev–Trinajstić information content (AvgIpc) is 2.40. The van der Waals surface area contributed by atoms with E-state index in [0.29, 0.717) is 29.9 Å². The smallest absolute Gasteiger partial charge is 0.239 e. The number of nitrogens with one attached hydrogen (secondary N) is 1. The Labute approximate surface area is 110 Å². The summed E-state index contributed by atoms with van der Waals surface area (Å²) in [6, 6.07) is 0.117. The highest BCUT2D eigenvalue weighted by Crippen LogP contribution is 2.27. The standard InChI is InChI=1S/C10H16ClN5O2/c1-6-5-18-7(4-17)3-16(6)9-8(11)2-13-10(14-9)15-12/h2,6-7,17H,3-5,12H2,1H3,(H,13,14,15). The Kier molecular flexibility index (Phi) is 4.18. The first kappa shape index (κ1) is 13.3. The Morgan fingerprint density at radius 3 is 3.17 bits per heavy atom. The third-order valence-corrected chi connectivity index (χ3v) is 3.10. The maximum atomic E-state index is 9.16. The Balaban J connectivity index is 2.27. The molecule has 1 aliphatic rings. The molecule has 18 heavy (non-hydrogen) atoms. The SMILES string of the molecule is CC1COC(CO)CN1c1nc(NN)ncc1Cl. The second-order valence-electron chi connectivity index (χ2n) is 4.15. The maximum absolute atomic E-state index is 9.16. The average molecular weight is 274 g/mol. The number of halogens is 1. The van der Waals surface area contributed by atoms with Crippen molar-refractivity contribution in [2.75, 3.05) is 30.1 Å². The minimum atomic E-state index is -0.235. The van der Waals surface area contributed by atoms with Crippen LogP contribution in [-0.2, 0) is 4.74 Å². The van der Waals surface area contributed by atoms with E-state index >= 15 is 0 Å². The number of morpholine rings is 1. The summed E-state index contributed by atoms with van der Waals surface area (Å²) >= 11 is 6.10. The first-order valence-corrected chi connectivity index (χ1v) is 6.01. The van der Waals surface area contributed by atoms with Crippen molar-refractivity contribution >= 4 is 23.4 Å². The van der Waals surface area contributed by atoms with Crippen molar-refractivity contribution in [1.29, 1.82) is 0 Å². The van der Waals surface area contributed by atoms with E-state index in [1.165, 1.54) is 6.20 Å². The molecule has 4 N–H and O–H groups in total. The van der Waals surface area contributed by atoms with E-state index < -0.39 is 0 Å². The Morgan fingerprint density at radius 2 is 2.50 bits per heavy atom. The summed E-state index contributed by atoms with van der Waals surface area (Å²) in [5.41, 5.74) is 2.39. The van der Waals surface area contributed by atoms with Crippen molar-refractivity contribution < 1.29 is 9.84 Å². The van der Waals surface area contributed by atoms with Gasteiger partial charge >= 0.3 is 0 Å². The fraction of sp³-hybridized carbons (Fsp3) is 0.600. The number of hydrogen-bond acceptors (Lipinski definition) is 7. The van der Waals surface area contributed by atoms with Gasteiger partial charge in [0, 0.05) is 6.54 Å². The molecule has 0 radical (unpaired) electrons. The van der Waals surface area contributed by atoms with E-state index in [4.69, 9.17) is 27.3 Å². The van der Waals surface area contributed by atoms with Crippen LogP contribution in [-0.4, -0.2) is 47.0 Å². The molecule has 0 saturated carbocycles. The highest BCUT2D eigenvalue weighted by Gasteiger charge is 2.28. The molecule has 1 aromatic rings. The summed E-state index contributed by atoms with van der Waals surface area (Å²) in [5, 5.41) is 9.61. The van der Waals surface area contributed by atoms with Crippen molar-refractivity contribution in [1.82, 2.24) is 9.97 Å². The minimum absolute atomic E-state index is 0.0338. The number of hydrazine groups is 1. The van der Waals surface area contributed by atoms with Crippen molar-refractivity contribution in [3.05, 3.63) is 11.2 Å². The van der Waals surface area contributed by atoms with E-state index in [1.54, 1.807) is 0 Å². The van der Waals surface area contributed by atoms with Crippen LogP contribution in [0.5, 0.6) is 0 Å². The van der Waals surface area contributed by atoms with Crippen LogP contribution in [0, 0.1) is 0 Å². The van der Waals surface area contributed by atoms with E-state index in [9.17, 15) is 0 Å². The van der Waals surface area contributed by atoms with Gasteiger partial charge in [-0.3, -0.25) is 5.43 Å². The molecule has 2 rings (SSSR count). The summed E-state index contributed by atoms with van der Waals surface area (Å²) in [4.78, 5) is 10.2. The zero-order valence-electron chi connectivity index (χ0n) is 10.0. The third kappa shape index (κ3) is 2.64. The van der Waals surface area contributed by atoms with Gasteiger partial charge in [-0.25, -0.2) is 10.8 Å². The molecule has 7 nitrogen and oxygen atoms in total. The number of ether oxygens (including phenoxy) is 1. The predicted octanol–water partition coefficient (Wildman–Crippen LogP) is 0.00160. The van der Waals surface area contributed by atoms with Gasteiger partial charge in [0.2, 0.25) is 5.95 Å². The Hall–Kier alpha value is -1.15. The molecular formula is C10H16ClN5O2. The number of nitrogens with zero attached hydrogens (tertiary/aromatic N) is 3. The van der Waals surface area contributed by atoms with Gasteiger partial charge in [-0.05, 0) is 6.92 Å². The number of hydrogen-bond donors (Lipinski definition) is 3. The van der Waals surface area contributed by atoms with Crippen LogP contribution in [0.15, 0.2) is 6.20 Å². The van der Waals surface area contributed by atoms with Gasteiger partial charge < -0.3 is 14.7 Å². The largest absolute Gasteiger partial charge is 0.394 e. The molecule has 1 aromatic heterocycles. The number of nitrogens with two attached hydrogens (primary N) is 1. The van der Waals surface area contributed by atoms with Gasteiger partial charge in [0.25, 0.3) is 0 Å². The highest BCUT2D eigenvalue weighted by atomic mass is 35.5. The second kappa shape index (κ2) is 5.66. The molecule has 100 valence electrons. The molecule has 0 amide bonds. The molecule has 1 aliphatic heterocycles. The Morgan fingerprint density at radius 1 is 1.72 bits per heavy atom. The van der Waals surface area contributed by atoms with Crippen LogP contribution in [0.25, 0.3) is 0 Å². The second-order valence-corrected chi connectivity index (χ2v) is 4.56. The van der Waals surface area contributed by atoms with Crippen molar-refractivity contribution in [2.45, 2.75) is 19.1 Å². The lowest BCUT2D eigenvalue weighted by molar-refractivity contribution is -0.0105. The monoisotopic (exact) mass is 273 g/mol. The first-order chi connectivity index (χ1) is 8.65. The topological polar surface area (TPSA) is 96.5 Å². The van der Waals surface area contributed by atoms with Crippen LogP contribution < -0.4 is 16.2 Å². The van der Waals surface area contributed by atoms with Gasteiger partial charge in [0.05, 0.1) is 31.6 Å². The molecular weight excluding hydrogens is 258 g/mol. The molecule has 1 saturated heterocycles. The zero-order valence-corrected chi connectivity index (χ0v) is 10.8. The van der Waals surface area contributed by atoms with Gasteiger partial charge in [0.15, 0.2) is 5.82 Å². The summed E-state index contributed by atoms with van der Waals surface area (Å²) in [7, 11) is 0. The third-order valence-electron chi connectivity index (χ3n) is 2.84. The van der Waals surface area contributed by atoms with Crippen LogP contribution in [0.1, 0.15) is 6.92 Å². The molecule has 2 unspecified atom stereocenters. The van der Waals surface area contributed by atoms with Gasteiger partial charge in [0.1, 0.15) is 5.02 Å². The number of aliphatic hydroxyl groups is 1. The lowest BCUT2D eigenvalue weighted by atomic mass is 10.2. The summed E-state index contributed by atoms with van der Waals surface area (Å²) in [5.74, 6) is 6.18. The van der Waals surface area contributed by atoms with E-state index in [-0.39, 0.29) is 18.8 Å². The summed E-state index contributed by atoms with van der Waals surface area (Å²) in [6.07, 6.45) is 1.26. The van der Waals surface area contributed by atoms with Crippen molar-refractivity contribution in [3.63, 3.8) is 0 Å². The number of aromatic nitrogens is 2. The number of rotatable bonds is 3. The van der Waals surface area contributed by atoms with Crippen LogP contribution >= 0.6 is 11.6 Å². The lowest BCUT2D eigenvalue weighted by Gasteiger charge is -2.38. The molecule has 2 atom stereocenters. The van der Waals surface area contributed by atoms with Crippen LogP contribution in [0.2, 0.25) is 5.02 Å². The maximum Gasteiger partial charge on any atom is 0.239 e. The molecule has 0 aromatic carbocycles. The first-order valence-electron chi connectivity index (χ1n) is 5.64. The molecule has 1 fully saturated rings. The fourth-order valence-electron chi connectivity index (χ4n) is 1.85. The molecule has 0 aliphatic carbocycles. The molecule has 8 heteroatoms. The number of nitrogen functional groups attached to an aromatic ring is 1. The molecule has 0 spiro atoms. The number of aliphatic hydroxyl groups excluding tert-OH is 1. The molecule has 2 heterocycles. The van der Waals surface area contributed by atoms with Crippen molar-refractivity contribution in [3.8, 4) is 0 Å². The van der Waals surface area contributed by atoms with E-state index in [2.05, 4.69) is 15.4 Å². The Bertz CT molecular complexity index is 419. The van der Waals surface area contributed by atoms with E-state index in [1.807, 2.05) is 11.8 Å². The zero-order chi connectivity index (χ0) is 13.1. The summed E-state index contributed by atoms with van der Waals surface area (Å²) in [6.45, 7) is 3.00. The van der Waals surface area contributed by atoms with Crippen LogP contribution in [0.3, 0.4) is 0 Å². The fourth-order valence-corrected chi connectivity index (χ4v) is 2.05. The van der Waals surface area contributed by atoms with Crippen molar-refractivity contribution in [2.24, 2.45) is 5.84 Å². The van der Waals surface area contributed by atoms with E-state index in [0.717, 1.165) is 0 Å².